The maximum atomic E-state index is 11.5. The summed E-state index contributed by atoms with van der Waals surface area (Å²) in [7, 11) is 0. The monoisotopic (exact) mass is 262 g/mol. The molecule has 2 saturated heterocycles. The molecule has 2 fully saturated rings. The molecule has 14 heavy (non-hydrogen) atoms. The zero-order valence-corrected chi connectivity index (χ0v) is 9.12. The molecule has 6 heteroatoms. The first-order valence-corrected chi connectivity index (χ1v) is 5.61. The summed E-state index contributed by atoms with van der Waals surface area (Å²) in [5.74, 6) is 0.143. The van der Waals surface area contributed by atoms with Gasteiger partial charge in [-0.15, -0.1) is 0 Å². The lowest BCUT2D eigenvalue weighted by Gasteiger charge is -2.20. The van der Waals surface area contributed by atoms with E-state index in [1.165, 1.54) is 0 Å². The van der Waals surface area contributed by atoms with E-state index in [-0.39, 0.29) is 18.4 Å². The van der Waals surface area contributed by atoms with E-state index in [9.17, 15) is 9.59 Å². The Morgan fingerprint density at radius 2 is 2.36 bits per heavy atom. The minimum atomic E-state index is -0.424. The molecule has 0 aromatic rings. The summed E-state index contributed by atoms with van der Waals surface area (Å²) < 4.78 is 0. The Hall–Kier alpha value is -0.620. The maximum absolute atomic E-state index is 11.5. The number of alkyl halides is 1. The van der Waals surface area contributed by atoms with E-state index in [1.54, 1.807) is 4.90 Å². The Morgan fingerprint density at radius 3 is 2.86 bits per heavy atom. The minimum absolute atomic E-state index is 0.0418. The van der Waals surface area contributed by atoms with Crippen molar-refractivity contribution in [2.24, 2.45) is 5.92 Å². The van der Waals surface area contributed by atoms with Crippen molar-refractivity contribution in [1.82, 2.24) is 10.4 Å². The van der Waals surface area contributed by atoms with Gasteiger partial charge in [-0.3, -0.25) is 14.4 Å². The number of rotatable bonds is 2. The van der Waals surface area contributed by atoms with Crippen molar-refractivity contribution < 1.29 is 14.4 Å². The van der Waals surface area contributed by atoms with Crippen molar-refractivity contribution in [1.29, 1.82) is 0 Å². The molecule has 2 rings (SSSR count). The first-order valence-electron chi connectivity index (χ1n) is 4.49. The fraction of sp³-hybridized carbons (Fsp3) is 0.750. The van der Waals surface area contributed by atoms with Crippen LogP contribution in [0.4, 0.5) is 0 Å². The maximum Gasteiger partial charge on any atom is 0.268 e. The lowest BCUT2D eigenvalue weighted by Crippen LogP contribution is -2.43. The number of amides is 2. The van der Waals surface area contributed by atoms with Gasteiger partial charge in [0.2, 0.25) is 5.91 Å². The van der Waals surface area contributed by atoms with Crippen LogP contribution in [0.5, 0.6) is 0 Å². The molecule has 1 unspecified atom stereocenters. The van der Waals surface area contributed by atoms with Crippen molar-refractivity contribution >= 4 is 27.7 Å². The number of hydrogen-bond donors (Lipinski definition) is 1. The number of hydrogen-bond acceptors (Lipinski definition) is 3. The van der Waals surface area contributed by atoms with Crippen LogP contribution in [0.15, 0.2) is 0 Å². The molecule has 2 atom stereocenters. The van der Waals surface area contributed by atoms with Crippen LogP contribution in [0.25, 0.3) is 0 Å². The molecule has 2 heterocycles. The summed E-state index contributed by atoms with van der Waals surface area (Å²) >= 11 is 3.34. The summed E-state index contributed by atoms with van der Waals surface area (Å²) in [6.45, 7) is 0.908. The predicted octanol–water partition coefficient (Wildman–Crippen LogP) is -0.340. The van der Waals surface area contributed by atoms with Crippen molar-refractivity contribution in [3.05, 3.63) is 0 Å². The highest BCUT2D eigenvalue weighted by Crippen LogP contribution is 2.22. The third-order valence-corrected chi connectivity index (χ3v) is 3.47. The van der Waals surface area contributed by atoms with Crippen molar-refractivity contribution in [2.45, 2.75) is 12.5 Å². The number of likely N-dealkylation sites (tertiary alicyclic amines) is 1. The highest BCUT2D eigenvalue weighted by atomic mass is 79.9. The lowest BCUT2D eigenvalue weighted by atomic mass is 10.2. The third kappa shape index (κ3) is 1.64. The van der Waals surface area contributed by atoms with E-state index in [2.05, 4.69) is 21.4 Å². The molecular formula is C8H11BrN2O3. The number of hydroxylamine groups is 1. The van der Waals surface area contributed by atoms with Gasteiger partial charge in [-0.2, -0.15) is 0 Å². The molecule has 1 N–H and O–H groups in total. The van der Waals surface area contributed by atoms with Gasteiger partial charge in [0.15, 0.2) is 0 Å². The van der Waals surface area contributed by atoms with E-state index in [4.69, 9.17) is 4.84 Å². The SMILES string of the molecule is O=C1NOC[C@@H]1N1CC(CBr)CC1=O. The Bertz CT molecular complexity index is 271. The molecule has 0 aromatic heterocycles. The average Bonchev–Trinajstić information content (AvgIpc) is 2.72. The number of halogens is 1. The van der Waals surface area contributed by atoms with E-state index in [0.29, 0.717) is 18.9 Å². The Balaban J connectivity index is 2.04. The van der Waals surface area contributed by atoms with Crippen molar-refractivity contribution in [2.75, 3.05) is 18.5 Å². The van der Waals surface area contributed by atoms with Crippen LogP contribution in [0.1, 0.15) is 6.42 Å². The summed E-state index contributed by atoms with van der Waals surface area (Å²) in [5.41, 5.74) is 2.26. The quantitative estimate of drug-likeness (QED) is 0.693. The molecule has 2 aliphatic heterocycles. The van der Waals surface area contributed by atoms with Crippen molar-refractivity contribution in [3.63, 3.8) is 0 Å². The van der Waals surface area contributed by atoms with Gasteiger partial charge < -0.3 is 4.90 Å². The number of carbonyl (C=O) groups is 2. The van der Waals surface area contributed by atoms with E-state index >= 15 is 0 Å². The third-order valence-electron chi connectivity index (χ3n) is 2.55. The fourth-order valence-electron chi connectivity index (χ4n) is 1.78. The number of nitrogens with zero attached hydrogens (tertiary/aromatic N) is 1. The van der Waals surface area contributed by atoms with Gasteiger partial charge in [-0.05, 0) is 5.92 Å². The average molecular weight is 263 g/mol. The predicted molar refractivity (Wildman–Crippen MR) is 51.5 cm³/mol. The molecule has 0 saturated carbocycles. The lowest BCUT2D eigenvalue weighted by molar-refractivity contribution is -0.135. The summed E-state index contributed by atoms with van der Waals surface area (Å²) in [6.07, 6.45) is 0.523. The van der Waals surface area contributed by atoms with Crippen LogP contribution in [0, 0.1) is 5.92 Å². The molecule has 0 aliphatic carbocycles. The van der Waals surface area contributed by atoms with Crippen LogP contribution in [0.2, 0.25) is 0 Å². The topological polar surface area (TPSA) is 58.6 Å². The fourth-order valence-corrected chi connectivity index (χ4v) is 2.21. The van der Waals surface area contributed by atoms with Crippen molar-refractivity contribution in [3.8, 4) is 0 Å². The van der Waals surface area contributed by atoms with Gasteiger partial charge in [-0.1, -0.05) is 15.9 Å². The highest BCUT2D eigenvalue weighted by molar-refractivity contribution is 9.09. The Kier molecular flexibility index (Phi) is 2.73. The van der Waals surface area contributed by atoms with Crippen LogP contribution in [-0.4, -0.2) is 41.2 Å². The largest absolute Gasteiger partial charge is 0.328 e. The smallest absolute Gasteiger partial charge is 0.268 e. The van der Waals surface area contributed by atoms with E-state index in [0.717, 1.165) is 5.33 Å². The van der Waals surface area contributed by atoms with Gasteiger partial charge in [0.05, 0.1) is 0 Å². The summed E-state index contributed by atoms with van der Waals surface area (Å²) in [5, 5.41) is 0.796. The number of nitrogens with one attached hydrogen (secondary N) is 1. The zero-order chi connectivity index (χ0) is 10.1. The summed E-state index contributed by atoms with van der Waals surface area (Å²) in [4.78, 5) is 29.2. The normalized spacial score (nSPS) is 32.5. The zero-order valence-electron chi connectivity index (χ0n) is 7.53. The van der Waals surface area contributed by atoms with Gasteiger partial charge in [0, 0.05) is 18.3 Å². The molecule has 78 valence electrons. The molecule has 0 radical (unpaired) electrons. The first-order chi connectivity index (χ1) is 6.72. The van der Waals surface area contributed by atoms with Crippen LogP contribution in [-0.2, 0) is 14.4 Å². The molecule has 2 aliphatic rings. The second-order valence-electron chi connectivity index (χ2n) is 3.56. The van der Waals surface area contributed by atoms with Gasteiger partial charge >= 0.3 is 0 Å². The minimum Gasteiger partial charge on any atom is -0.328 e. The summed E-state index contributed by atoms with van der Waals surface area (Å²) in [6, 6.07) is -0.424. The number of carbonyl (C=O) groups excluding carboxylic acids is 2. The highest BCUT2D eigenvalue weighted by Gasteiger charge is 2.39. The van der Waals surface area contributed by atoms with Crippen LogP contribution < -0.4 is 5.48 Å². The molecule has 0 spiro atoms. The Morgan fingerprint density at radius 1 is 1.57 bits per heavy atom. The standard InChI is InChI=1S/C8H11BrN2O3/c9-2-5-1-7(12)11(3-5)6-4-14-10-8(6)13/h5-6H,1-4H2,(H,10,13)/t5?,6-/m0/s1. The molecule has 2 amide bonds. The van der Waals surface area contributed by atoms with Crippen LogP contribution >= 0.6 is 15.9 Å². The van der Waals surface area contributed by atoms with E-state index < -0.39 is 6.04 Å². The first kappa shape index (κ1) is 9.92. The molecular weight excluding hydrogens is 252 g/mol. The molecule has 5 nitrogen and oxygen atoms in total. The second-order valence-corrected chi connectivity index (χ2v) is 4.21. The van der Waals surface area contributed by atoms with Crippen LogP contribution in [0.3, 0.4) is 0 Å². The molecule has 0 bridgehead atoms. The van der Waals surface area contributed by atoms with E-state index in [1.807, 2.05) is 0 Å². The Labute approximate surface area is 89.9 Å². The second kappa shape index (κ2) is 3.86. The van der Waals surface area contributed by atoms with Gasteiger partial charge in [0.1, 0.15) is 12.6 Å². The van der Waals surface area contributed by atoms with Gasteiger partial charge in [0.25, 0.3) is 5.91 Å². The van der Waals surface area contributed by atoms with Gasteiger partial charge in [-0.25, -0.2) is 5.48 Å². The molecule has 0 aromatic carbocycles.